The van der Waals surface area contributed by atoms with E-state index >= 15 is 0 Å². The van der Waals surface area contributed by atoms with Crippen molar-refractivity contribution in [1.29, 1.82) is 0 Å². The van der Waals surface area contributed by atoms with E-state index in [0.29, 0.717) is 33.0 Å². The molecule has 0 saturated carbocycles. The van der Waals surface area contributed by atoms with Gasteiger partial charge in [0.05, 0.1) is 38.6 Å². The topological polar surface area (TPSA) is 60.0 Å². The van der Waals surface area contributed by atoms with E-state index in [4.69, 9.17) is 14.2 Å². The second-order valence-electron chi connectivity index (χ2n) is 8.10. The molecule has 0 aliphatic carbocycles. The van der Waals surface area contributed by atoms with Crippen molar-refractivity contribution < 1.29 is 19.3 Å². The highest BCUT2D eigenvalue weighted by Gasteiger charge is 2.40. The maximum Gasteiger partial charge on any atom is 0.113 e. The molecule has 0 aromatic heterocycles. The van der Waals surface area contributed by atoms with Gasteiger partial charge in [0, 0.05) is 6.54 Å². The summed E-state index contributed by atoms with van der Waals surface area (Å²) in [5.74, 6) is 0. The van der Waals surface area contributed by atoms with Crippen LogP contribution in [0, 0.1) is 0 Å². The minimum absolute atomic E-state index is 0.226. The van der Waals surface area contributed by atoms with Crippen molar-refractivity contribution in [2.24, 2.45) is 0 Å². The Morgan fingerprint density at radius 3 is 1.75 bits per heavy atom. The third kappa shape index (κ3) is 6.48. The average Bonchev–Trinajstić information content (AvgIpc) is 2.85. The van der Waals surface area contributed by atoms with E-state index in [1.165, 1.54) is 0 Å². The van der Waals surface area contributed by atoms with Gasteiger partial charge in [-0.3, -0.25) is 0 Å². The van der Waals surface area contributed by atoms with Crippen molar-refractivity contribution in [1.82, 2.24) is 5.32 Å². The number of aliphatic hydroxyl groups is 1. The summed E-state index contributed by atoms with van der Waals surface area (Å²) in [7, 11) is 0. The van der Waals surface area contributed by atoms with Crippen LogP contribution in [0.5, 0.6) is 0 Å². The first-order valence-electron chi connectivity index (χ1n) is 11.1. The molecule has 3 aromatic carbocycles. The molecule has 1 aliphatic rings. The Labute approximate surface area is 190 Å². The van der Waals surface area contributed by atoms with E-state index in [1.54, 1.807) is 0 Å². The van der Waals surface area contributed by atoms with Crippen molar-refractivity contribution >= 4 is 0 Å². The molecule has 0 bridgehead atoms. The lowest BCUT2D eigenvalue weighted by molar-refractivity contribution is -0.161. The second-order valence-corrected chi connectivity index (χ2v) is 8.10. The van der Waals surface area contributed by atoms with Crippen LogP contribution >= 0.6 is 0 Å². The molecule has 0 amide bonds. The van der Waals surface area contributed by atoms with Crippen LogP contribution in [-0.4, -0.2) is 42.6 Å². The summed E-state index contributed by atoms with van der Waals surface area (Å²) in [5.41, 5.74) is 3.27. The zero-order chi connectivity index (χ0) is 22.0. The fraction of sp³-hybridized carbons (Fsp3) is 0.333. The molecule has 1 heterocycles. The summed E-state index contributed by atoms with van der Waals surface area (Å²) in [4.78, 5) is 0. The minimum atomic E-state index is -0.746. The van der Waals surface area contributed by atoms with Crippen LogP contribution in [0.25, 0.3) is 0 Å². The summed E-state index contributed by atoms with van der Waals surface area (Å²) in [6.45, 7) is 2.39. The van der Waals surface area contributed by atoms with E-state index in [9.17, 15) is 5.11 Å². The van der Waals surface area contributed by atoms with Gasteiger partial charge >= 0.3 is 0 Å². The lowest BCUT2D eigenvalue weighted by Crippen LogP contribution is -2.62. The zero-order valence-corrected chi connectivity index (χ0v) is 18.2. The third-order valence-electron chi connectivity index (χ3n) is 5.70. The van der Waals surface area contributed by atoms with Gasteiger partial charge in [-0.1, -0.05) is 91.0 Å². The minimum Gasteiger partial charge on any atom is -0.389 e. The van der Waals surface area contributed by atoms with Crippen molar-refractivity contribution in [3.8, 4) is 0 Å². The molecule has 5 nitrogen and oxygen atoms in total. The second kappa shape index (κ2) is 11.9. The molecular formula is C27H31NO4. The van der Waals surface area contributed by atoms with Gasteiger partial charge in [-0.25, -0.2) is 0 Å². The summed E-state index contributed by atoms with van der Waals surface area (Å²) in [6, 6.07) is 29.9. The molecular weight excluding hydrogens is 402 g/mol. The number of hydrogen-bond donors (Lipinski definition) is 2. The molecule has 4 atom stereocenters. The van der Waals surface area contributed by atoms with Crippen molar-refractivity contribution in [2.75, 3.05) is 13.2 Å². The molecule has 0 unspecified atom stereocenters. The Morgan fingerprint density at radius 2 is 1.19 bits per heavy atom. The normalized spacial score (nSPS) is 23.2. The third-order valence-corrected chi connectivity index (χ3v) is 5.70. The van der Waals surface area contributed by atoms with Crippen LogP contribution in [-0.2, 0) is 34.0 Å². The molecule has 2 N–H and O–H groups in total. The maximum absolute atomic E-state index is 11.1. The first-order chi connectivity index (χ1) is 15.8. The summed E-state index contributed by atoms with van der Waals surface area (Å²) < 4.78 is 18.3. The fourth-order valence-electron chi connectivity index (χ4n) is 3.89. The highest BCUT2D eigenvalue weighted by atomic mass is 16.6. The average molecular weight is 434 g/mol. The Morgan fingerprint density at radius 1 is 0.688 bits per heavy atom. The maximum atomic E-state index is 11.1. The predicted octanol–water partition coefficient (Wildman–Crippen LogP) is 3.71. The van der Waals surface area contributed by atoms with Crippen LogP contribution in [0.15, 0.2) is 91.0 Å². The van der Waals surface area contributed by atoms with Crippen molar-refractivity contribution in [3.05, 3.63) is 108 Å². The molecule has 1 aliphatic heterocycles. The number of benzene rings is 3. The van der Waals surface area contributed by atoms with Gasteiger partial charge in [-0.05, 0) is 16.7 Å². The Bertz CT molecular complexity index is 907. The van der Waals surface area contributed by atoms with Gasteiger partial charge in [-0.2, -0.15) is 0 Å². The van der Waals surface area contributed by atoms with Gasteiger partial charge in [0.1, 0.15) is 12.2 Å². The summed E-state index contributed by atoms with van der Waals surface area (Å²) in [6.07, 6.45) is -1.46. The number of piperidine rings is 1. The first-order valence-corrected chi connectivity index (χ1v) is 11.1. The number of aliphatic hydroxyl groups excluding tert-OH is 1. The molecule has 0 spiro atoms. The highest BCUT2D eigenvalue weighted by Crippen LogP contribution is 2.21. The van der Waals surface area contributed by atoms with Gasteiger partial charge in [0.15, 0.2) is 0 Å². The molecule has 1 fully saturated rings. The summed E-state index contributed by atoms with van der Waals surface area (Å²) in [5, 5.41) is 14.5. The SMILES string of the molecule is O[C@H]1[C@H](OCc2ccccc2)[C@@H](OCc2ccccc2)CN[C@@H]1COCc1ccccc1. The van der Waals surface area contributed by atoms with Gasteiger partial charge in [-0.15, -0.1) is 0 Å². The monoisotopic (exact) mass is 433 g/mol. The standard InChI is InChI=1S/C27H31NO4/c29-26-24(20-30-17-21-10-4-1-5-11-21)28-16-25(31-18-22-12-6-2-7-13-22)27(26)32-19-23-14-8-3-9-15-23/h1-15,24-29H,16-20H2/t24-,25+,26-,27-/m1/s1. The zero-order valence-electron chi connectivity index (χ0n) is 18.2. The molecule has 168 valence electrons. The highest BCUT2D eigenvalue weighted by molar-refractivity contribution is 5.15. The van der Waals surface area contributed by atoms with Gasteiger partial charge in [0.2, 0.25) is 0 Å². The van der Waals surface area contributed by atoms with E-state index < -0.39 is 12.2 Å². The quantitative estimate of drug-likeness (QED) is 0.511. The van der Waals surface area contributed by atoms with Crippen molar-refractivity contribution in [3.63, 3.8) is 0 Å². The van der Waals surface area contributed by atoms with E-state index in [1.807, 2.05) is 91.0 Å². The van der Waals surface area contributed by atoms with Crippen LogP contribution in [0.2, 0.25) is 0 Å². The predicted molar refractivity (Wildman–Crippen MR) is 124 cm³/mol. The summed E-state index contributed by atoms with van der Waals surface area (Å²) >= 11 is 0. The molecule has 32 heavy (non-hydrogen) atoms. The van der Waals surface area contributed by atoms with E-state index in [0.717, 1.165) is 16.7 Å². The number of nitrogens with one attached hydrogen (secondary N) is 1. The fourth-order valence-corrected chi connectivity index (χ4v) is 3.89. The lowest BCUT2D eigenvalue weighted by Gasteiger charge is -2.40. The lowest BCUT2D eigenvalue weighted by atomic mass is 9.96. The number of hydrogen-bond acceptors (Lipinski definition) is 5. The molecule has 3 aromatic rings. The van der Waals surface area contributed by atoms with Crippen LogP contribution in [0.1, 0.15) is 16.7 Å². The van der Waals surface area contributed by atoms with E-state index in [-0.39, 0.29) is 12.1 Å². The van der Waals surface area contributed by atoms with Crippen LogP contribution in [0.3, 0.4) is 0 Å². The van der Waals surface area contributed by atoms with Gasteiger partial charge < -0.3 is 24.6 Å². The Balaban J connectivity index is 1.36. The van der Waals surface area contributed by atoms with Crippen molar-refractivity contribution in [2.45, 2.75) is 44.2 Å². The molecule has 5 heteroatoms. The molecule has 1 saturated heterocycles. The smallest absolute Gasteiger partial charge is 0.113 e. The molecule has 0 radical (unpaired) electrons. The van der Waals surface area contributed by atoms with Crippen LogP contribution < -0.4 is 5.32 Å². The van der Waals surface area contributed by atoms with Gasteiger partial charge in [0.25, 0.3) is 0 Å². The van der Waals surface area contributed by atoms with E-state index in [2.05, 4.69) is 5.32 Å². The number of rotatable bonds is 10. The number of ether oxygens (including phenoxy) is 3. The Hall–Kier alpha value is -2.54. The van der Waals surface area contributed by atoms with Crippen LogP contribution in [0.4, 0.5) is 0 Å². The largest absolute Gasteiger partial charge is 0.389 e. The first kappa shape index (κ1) is 22.6. The molecule has 4 rings (SSSR count). The Kier molecular flexibility index (Phi) is 8.42.